The number of hydrogen-bond donors (Lipinski definition) is 1. The molecular formula is C14H17Cl2NO3. The topological polar surface area (TPSA) is 57.6 Å². The van der Waals surface area contributed by atoms with Crippen molar-refractivity contribution >= 4 is 35.1 Å². The maximum absolute atomic E-state index is 12.2. The summed E-state index contributed by atoms with van der Waals surface area (Å²) in [6.07, 6.45) is 0.0681. The van der Waals surface area contributed by atoms with E-state index < -0.39 is 11.9 Å². The van der Waals surface area contributed by atoms with E-state index in [-0.39, 0.29) is 18.9 Å². The smallest absolute Gasteiger partial charge is 0.308 e. The van der Waals surface area contributed by atoms with Gasteiger partial charge in [0.1, 0.15) is 0 Å². The molecule has 0 fully saturated rings. The molecule has 0 aliphatic heterocycles. The monoisotopic (exact) mass is 317 g/mol. The number of rotatable bonds is 6. The molecule has 0 bridgehead atoms. The van der Waals surface area contributed by atoms with Crippen LogP contribution < -0.4 is 0 Å². The number of nitrogens with zero attached hydrogens (tertiary/aromatic N) is 1. The highest BCUT2D eigenvalue weighted by Crippen LogP contribution is 2.25. The van der Waals surface area contributed by atoms with Gasteiger partial charge < -0.3 is 10.0 Å². The van der Waals surface area contributed by atoms with Crippen LogP contribution in [0, 0.1) is 5.92 Å². The summed E-state index contributed by atoms with van der Waals surface area (Å²) in [5, 5.41) is 9.78. The summed E-state index contributed by atoms with van der Waals surface area (Å²) >= 11 is 12.1. The van der Waals surface area contributed by atoms with Crippen molar-refractivity contribution in [1.82, 2.24) is 4.90 Å². The maximum atomic E-state index is 12.2. The van der Waals surface area contributed by atoms with Crippen LogP contribution in [0.5, 0.6) is 0 Å². The second-order valence-corrected chi connectivity index (χ2v) is 5.36. The summed E-state index contributed by atoms with van der Waals surface area (Å²) in [6, 6.07) is 5.06. The Morgan fingerprint density at radius 1 is 1.30 bits per heavy atom. The molecule has 4 nitrogen and oxygen atoms in total. The number of carbonyl (C=O) groups is 2. The molecule has 1 rings (SSSR count). The average molecular weight is 318 g/mol. The second kappa shape index (κ2) is 7.50. The Morgan fingerprint density at radius 2 is 1.85 bits per heavy atom. The van der Waals surface area contributed by atoms with Gasteiger partial charge in [0.05, 0.1) is 12.3 Å². The van der Waals surface area contributed by atoms with Crippen LogP contribution in [0.2, 0.25) is 10.0 Å². The molecule has 0 heterocycles. The predicted octanol–water partition coefficient (Wildman–Crippen LogP) is 3.11. The number of aliphatic carboxylic acids is 1. The zero-order valence-electron chi connectivity index (χ0n) is 11.4. The first-order chi connectivity index (χ1) is 9.36. The van der Waals surface area contributed by atoms with Gasteiger partial charge >= 0.3 is 5.97 Å². The molecule has 1 amide bonds. The quantitative estimate of drug-likeness (QED) is 0.877. The standard InChI is InChI=1S/C14H17Cl2NO3/c1-3-17(8-9(2)14(19)20)13(18)7-10-11(15)5-4-6-12(10)16/h4-6,9H,3,7-8H2,1-2H3,(H,19,20). The van der Waals surface area contributed by atoms with Crippen molar-refractivity contribution in [3.63, 3.8) is 0 Å². The van der Waals surface area contributed by atoms with Gasteiger partial charge in [-0.25, -0.2) is 0 Å². The fraction of sp³-hybridized carbons (Fsp3) is 0.429. The fourth-order valence-electron chi connectivity index (χ4n) is 1.78. The number of likely N-dealkylation sites (N-methyl/N-ethyl adjacent to an activating group) is 1. The third-order valence-corrected chi connectivity index (χ3v) is 3.75. The van der Waals surface area contributed by atoms with Crippen LogP contribution >= 0.6 is 23.2 Å². The lowest BCUT2D eigenvalue weighted by molar-refractivity contribution is -0.142. The van der Waals surface area contributed by atoms with Gasteiger partial charge in [0.15, 0.2) is 0 Å². The third kappa shape index (κ3) is 4.39. The number of carbonyl (C=O) groups excluding carboxylic acids is 1. The summed E-state index contributed by atoms with van der Waals surface area (Å²) in [5.74, 6) is -1.72. The van der Waals surface area contributed by atoms with Gasteiger partial charge in [-0.2, -0.15) is 0 Å². The molecule has 110 valence electrons. The molecule has 1 aromatic carbocycles. The Kier molecular flexibility index (Phi) is 6.30. The van der Waals surface area contributed by atoms with Crippen molar-refractivity contribution in [3.8, 4) is 0 Å². The first-order valence-corrected chi connectivity index (χ1v) is 7.05. The van der Waals surface area contributed by atoms with Crippen LogP contribution in [0.15, 0.2) is 18.2 Å². The molecule has 1 unspecified atom stereocenters. The molecule has 20 heavy (non-hydrogen) atoms. The first kappa shape index (κ1) is 16.8. The van der Waals surface area contributed by atoms with Gasteiger partial charge in [0.25, 0.3) is 0 Å². The van der Waals surface area contributed by atoms with Gasteiger partial charge in [-0.15, -0.1) is 0 Å². The summed E-state index contributed by atoms with van der Waals surface area (Å²) < 4.78 is 0. The Hall–Kier alpha value is -1.26. The largest absolute Gasteiger partial charge is 0.481 e. The SMILES string of the molecule is CCN(CC(C)C(=O)O)C(=O)Cc1c(Cl)cccc1Cl. The molecule has 0 aromatic heterocycles. The second-order valence-electron chi connectivity index (χ2n) is 4.55. The molecule has 0 radical (unpaired) electrons. The number of halogens is 2. The summed E-state index contributed by atoms with van der Waals surface area (Å²) in [6.45, 7) is 3.99. The minimum Gasteiger partial charge on any atom is -0.481 e. The van der Waals surface area contributed by atoms with Gasteiger partial charge in [0.2, 0.25) is 5.91 Å². The molecule has 0 aliphatic rings. The van der Waals surface area contributed by atoms with Crippen LogP contribution in [-0.4, -0.2) is 35.0 Å². The van der Waals surface area contributed by atoms with Crippen molar-refractivity contribution in [1.29, 1.82) is 0 Å². The van der Waals surface area contributed by atoms with E-state index in [1.54, 1.807) is 32.0 Å². The number of carboxylic acid groups (broad SMARTS) is 1. The van der Waals surface area contributed by atoms with Crippen molar-refractivity contribution in [2.24, 2.45) is 5.92 Å². The van der Waals surface area contributed by atoms with Crippen molar-refractivity contribution in [2.75, 3.05) is 13.1 Å². The normalized spacial score (nSPS) is 12.0. The lowest BCUT2D eigenvalue weighted by Gasteiger charge is -2.23. The van der Waals surface area contributed by atoms with E-state index in [0.29, 0.717) is 22.2 Å². The van der Waals surface area contributed by atoms with Crippen molar-refractivity contribution in [2.45, 2.75) is 20.3 Å². The Balaban J connectivity index is 2.80. The molecule has 6 heteroatoms. The number of hydrogen-bond acceptors (Lipinski definition) is 2. The Bertz CT molecular complexity index is 485. The maximum Gasteiger partial charge on any atom is 0.308 e. The predicted molar refractivity (Wildman–Crippen MR) is 79.2 cm³/mol. The lowest BCUT2D eigenvalue weighted by Crippen LogP contribution is -2.37. The molecule has 1 N–H and O–H groups in total. The minimum absolute atomic E-state index is 0.0681. The molecule has 0 saturated heterocycles. The highest BCUT2D eigenvalue weighted by atomic mass is 35.5. The van der Waals surface area contributed by atoms with Crippen LogP contribution in [0.25, 0.3) is 0 Å². The van der Waals surface area contributed by atoms with E-state index in [4.69, 9.17) is 28.3 Å². The highest BCUT2D eigenvalue weighted by Gasteiger charge is 2.20. The minimum atomic E-state index is -0.924. The van der Waals surface area contributed by atoms with Crippen molar-refractivity contribution in [3.05, 3.63) is 33.8 Å². The van der Waals surface area contributed by atoms with E-state index in [1.807, 2.05) is 0 Å². The molecule has 0 aliphatic carbocycles. The highest BCUT2D eigenvalue weighted by molar-refractivity contribution is 6.36. The van der Waals surface area contributed by atoms with Gasteiger partial charge in [0, 0.05) is 23.1 Å². The number of benzene rings is 1. The molecule has 1 aromatic rings. The van der Waals surface area contributed by atoms with Crippen LogP contribution in [0.4, 0.5) is 0 Å². The molecule has 1 atom stereocenters. The third-order valence-electron chi connectivity index (χ3n) is 3.04. The average Bonchev–Trinajstić information content (AvgIpc) is 2.39. The molecule has 0 spiro atoms. The molecular weight excluding hydrogens is 301 g/mol. The fourth-order valence-corrected chi connectivity index (χ4v) is 2.31. The van der Waals surface area contributed by atoms with E-state index in [2.05, 4.69) is 0 Å². The number of carboxylic acids is 1. The van der Waals surface area contributed by atoms with E-state index in [0.717, 1.165) is 0 Å². The van der Waals surface area contributed by atoms with Gasteiger partial charge in [-0.3, -0.25) is 9.59 Å². The van der Waals surface area contributed by atoms with Crippen LogP contribution in [0.3, 0.4) is 0 Å². The molecule has 0 saturated carbocycles. The summed E-state index contributed by atoms with van der Waals surface area (Å²) in [7, 11) is 0. The Labute approximate surface area is 128 Å². The van der Waals surface area contributed by atoms with Crippen molar-refractivity contribution < 1.29 is 14.7 Å². The van der Waals surface area contributed by atoms with Crippen LogP contribution in [0.1, 0.15) is 19.4 Å². The van der Waals surface area contributed by atoms with Gasteiger partial charge in [-0.05, 0) is 24.6 Å². The zero-order valence-corrected chi connectivity index (χ0v) is 12.9. The van der Waals surface area contributed by atoms with Crippen LogP contribution in [-0.2, 0) is 16.0 Å². The summed E-state index contributed by atoms with van der Waals surface area (Å²) in [4.78, 5) is 24.6. The van der Waals surface area contributed by atoms with E-state index in [1.165, 1.54) is 4.90 Å². The zero-order chi connectivity index (χ0) is 15.3. The van der Waals surface area contributed by atoms with E-state index >= 15 is 0 Å². The van der Waals surface area contributed by atoms with E-state index in [9.17, 15) is 9.59 Å². The first-order valence-electron chi connectivity index (χ1n) is 6.30. The van der Waals surface area contributed by atoms with Gasteiger partial charge in [-0.1, -0.05) is 36.2 Å². The Morgan fingerprint density at radius 3 is 2.30 bits per heavy atom. The summed E-state index contributed by atoms with van der Waals surface area (Å²) in [5.41, 5.74) is 0.572. The number of amides is 1. The lowest BCUT2D eigenvalue weighted by atomic mass is 10.1.